The van der Waals surface area contributed by atoms with Crippen molar-refractivity contribution in [1.82, 2.24) is 9.97 Å². The van der Waals surface area contributed by atoms with Crippen molar-refractivity contribution < 1.29 is 36.6 Å². The van der Waals surface area contributed by atoms with Crippen molar-refractivity contribution in [1.29, 1.82) is 0 Å². The first-order valence-electron chi connectivity index (χ1n) is 9.54. The number of alkyl halides is 3. The summed E-state index contributed by atoms with van der Waals surface area (Å²) in [5.74, 6) is -2.55. The molecule has 0 aliphatic carbocycles. The Morgan fingerprint density at radius 1 is 1.33 bits per heavy atom. The minimum Gasteiger partial charge on any atom is -0.385 e. The second-order valence-electron chi connectivity index (χ2n) is 7.83. The van der Waals surface area contributed by atoms with E-state index in [9.17, 15) is 26.9 Å². The van der Waals surface area contributed by atoms with Gasteiger partial charge >= 0.3 is 6.18 Å². The minimum absolute atomic E-state index is 0.000652. The fraction of sp³-hybridized carbons (Fsp3) is 0.400. The molecule has 3 heterocycles. The maximum atomic E-state index is 14.6. The average Bonchev–Trinajstić information content (AvgIpc) is 2.72. The highest BCUT2D eigenvalue weighted by Gasteiger charge is 2.59. The van der Waals surface area contributed by atoms with Gasteiger partial charge < -0.3 is 15.8 Å². The number of hydrogen-bond donors (Lipinski definition) is 2. The molecule has 1 aliphatic heterocycles. The molecule has 2 aromatic rings. The monoisotopic (exact) mass is 473 g/mol. The molecular weight excluding hydrogens is 453 g/mol. The van der Waals surface area contributed by atoms with E-state index < -0.39 is 41.5 Å². The van der Waals surface area contributed by atoms with Crippen molar-refractivity contribution >= 4 is 17.6 Å². The van der Waals surface area contributed by atoms with Crippen LogP contribution in [0.3, 0.4) is 0 Å². The Bertz CT molecular complexity index is 1110. The maximum absolute atomic E-state index is 14.6. The van der Waals surface area contributed by atoms with Crippen LogP contribution in [0, 0.1) is 12.7 Å². The Kier molecular flexibility index (Phi) is 6.40. The molecular formula is C20H20F5N5O3. The number of carbonyl (C=O) groups is 1. The molecule has 1 aliphatic rings. The van der Waals surface area contributed by atoms with E-state index in [1.807, 2.05) is 0 Å². The van der Waals surface area contributed by atoms with Crippen LogP contribution < -0.4 is 11.1 Å². The number of amidine groups is 1. The number of halogens is 5. The van der Waals surface area contributed by atoms with Crippen LogP contribution in [-0.2, 0) is 21.8 Å². The molecule has 3 rings (SSSR count). The molecule has 33 heavy (non-hydrogen) atoms. The van der Waals surface area contributed by atoms with Gasteiger partial charge in [0, 0.05) is 6.20 Å². The van der Waals surface area contributed by atoms with Crippen molar-refractivity contribution in [2.24, 2.45) is 10.7 Å². The molecule has 0 saturated heterocycles. The minimum atomic E-state index is -4.83. The first-order valence-corrected chi connectivity index (χ1v) is 9.54. The summed E-state index contributed by atoms with van der Waals surface area (Å²) in [6, 6.07) is 3.65. The summed E-state index contributed by atoms with van der Waals surface area (Å²) >= 11 is 0. The normalized spacial score (nSPS) is 23.2. The van der Waals surface area contributed by atoms with Crippen LogP contribution in [0.1, 0.15) is 41.2 Å². The number of hydrogen-bond acceptors (Lipinski definition) is 7. The number of nitrogens with two attached hydrogens (primary N) is 1. The van der Waals surface area contributed by atoms with E-state index in [1.54, 1.807) is 6.92 Å². The SMILES string of the molecule is Cc1cc(COF)cnc1C(=O)Nc1ccc(F)c([C@]2(C)CO[C@@](C)(C(F)(F)F)C(N)=N2)n1. The van der Waals surface area contributed by atoms with Crippen LogP contribution in [0.15, 0.2) is 29.4 Å². The number of aryl methyl sites for hydroxylation is 1. The van der Waals surface area contributed by atoms with Gasteiger partial charge in [0.1, 0.15) is 41.0 Å². The molecule has 0 bridgehead atoms. The van der Waals surface area contributed by atoms with E-state index in [4.69, 9.17) is 10.5 Å². The highest BCUT2D eigenvalue weighted by atomic mass is 19.4. The number of aromatic nitrogens is 2. The summed E-state index contributed by atoms with van der Waals surface area (Å²) in [6.45, 7) is 2.61. The van der Waals surface area contributed by atoms with Crippen LogP contribution in [0.25, 0.3) is 0 Å². The van der Waals surface area contributed by atoms with E-state index in [0.29, 0.717) is 11.1 Å². The van der Waals surface area contributed by atoms with Crippen molar-refractivity contribution in [2.75, 3.05) is 11.9 Å². The molecule has 0 unspecified atom stereocenters. The number of nitrogens with zero attached hydrogens (tertiary/aromatic N) is 3. The molecule has 0 radical (unpaired) electrons. The van der Waals surface area contributed by atoms with Crippen molar-refractivity contribution in [2.45, 2.75) is 44.7 Å². The third kappa shape index (κ3) is 4.64. The summed E-state index contributed by atoms with van der Waals surface area (Å²) in [6.07, 6.45) is -3.58. The van der Waals surface area contributed by atoms with Crippen molar-refractivity contribution in [3.05, 3.63) is 52.7 Å². The first kappa shape index (κ1) is 24.5. The lowest BCUT2D eigenvalue weighted by Crippen LogP contribution is -2.60. The molecule has 0 aromatic carbocycles. The lowest BCUT2D eigenvalue weighted by molar-refractivity contribution is -0.249. The molecule has 178 valence electrons. The molecule has 0 spiro atoms. The molecule has 8 nitrogen and oxygen atoms in total. The average molecular weight is 473 g/mol. The van der Waals surface area contributed by atoms with Gasteiger partial charge in [0.2, 0.25) is 5.60 Å². The first-order chi connectivity index (χ1) is 15.3. The van der Waals surface area contributed by atoms with Crippen molar-refractivity contribution in [3.63, 3.8) is 0 Å². The van der Waals surface area contributed by atoms with Gasteiger partial charge in [0.05, 0.1) is 6.61 Å². The van der Waals surface area contributed by atoms with Gasteiger partial charge in [-0.15, -0.1) is 0 Å². The zero-order chi connectivity index (χ0) is 24.6. The summed E-state index contributed by atoms with van der Waals surface area (Å²) in [5, 5.41) is 2.44. The number of rotatable bonds is 5. The van der Waals surface area contributed by atoms with Gasteiger partial charge in [-0.25, -0.2) is 9.37 Å². The van der Waals surface area contributed by atoms with Crippen LogP contribution >= 0.6 is 0 Å². The summed E-state index contributed by atoms with van der Waals surface area (Å²) in [4.78, 5) is 28.0. The zero-order valence-electron chi connectivity index (χ0n) is 17.8. The third-order valence-electron chi connectivity index (χ3n) is 5.21. The Labute approximate surface area is 184 Å². The number of amides is 1. The van der Waals surface area contributed by atoms with Crippen LogP contribution in [0.2, 0.25) is 0 Å². The fourth-order valence-corrected chi connectivity index (χ4v) is 3.19. The molecule has 13 heteroatoms. The predicted molar refractivity (Wildman–Crippen MR) is 106 cm³/mol. The molecule has 3 N–H and O–H groups in total. The van der Waals surface area contributed by atoms with E-state index in [-0.39, 0.29) is 23.8 Å². The number of anilines is 1. The number of pyridine rings is 2. The summed E-state index contributed by atoms with van der Waals surface area (Å²) in [7, 11) is 0. The van der Waals surface area contributed by atoms with Gasteiger partial charge in [0.15, 0.2) is 0 Å². The number of ether oxygens (including phenoxy) is 1. The number of nitrogens with one attached hydrogen (secondary N) is 1. The van der Waals surface area contributed by atoms with Crippen LogP contribution in [0.5, 0.6) is 0 Å². The van der Waals surface area contributed by atoms with Gasteiger partial charge in [-0.2, -0.15) is 18.1 Å². The van der Waals surface area contributed by atoms with Gasteiger partial charge in [0.25, 0.3) is 5.91 Å². The second kappa shape index (κ2) is 8.63. The van der Waals surface area contributed by atoms with Gasteiger partial charge in [-0.05, 0) is 54.6 Å². The second-order valence-corrected chi connectivity index (χ2v) is 7.83. The zero-order valence-corrected chi connectivity index (χ0v) is 17.8. The topological polar surface area (TPSA) is 112 Å². The molecule has 0 saturated carbocycles. The number of carbonyl (C=O) groups excluding carboxylic acids is 1. The predicted octanol–water partition coefficient (Wildman–Crippen LogP) is 3.50. The molecule has 1 amide bonds. The van der Waals surface area contributed by atoms with Crippen LogP contribution in [-0.4, -0.2) is 40.1 Å². The highest BCUT2D eigenvalue weighted by Crippen LogP contribution is 2.41. The standard InChI is InChI=1S/C20H20F5N5O3/c1-10-6-11(8-33-25)7-27-14(10)16(31)29-13-5-4-12(21)15(28-13)18(2)9-32-19(3,17(26)30-18)20(22,23)24/h4-7H,8-9H2,1-3H3,(H2,26,30)(H,28,29,31)/t18-,19+/m0/s1. The maximum Gasteiger partial charge on any atom is 0.424 e. The summed E-state index contributed by atoms with van der Waals surface area (Å²) < 4.78 is 71.5. The smallest absolute Gasteiger partial charge is 0.385 e. The highest BCUT2D eigenvalue weighted by molar-refractivity contribution is 6.03. The van der Waals surface area contributed by atoms with Crippen molar-refractivity contribution in [3.8, 4) is 0 Å². The van der Waals surface area contributed by atoms with E-state index in [1.165, 1.54) is 19.2 Å². The quantitative estimate of drug-likeness (QED) is 0.643. The van der Waals surface area contributed by atoms with Gasteiger partial charge in [-0.1, -0.05) is 0 Å². The van der Waals surface area contributed by atoms with E-state index in [2.05, 4.69) is 25.2 Å². The Balaban J connectivity index is 1.90. The fourth-order valence-electron chi connectivity index (χ4n) is 3.19. The number of aliphatic imine (C=N–C) groups is 1. The largest absolute Gasteiger partial charge is 0.424 e. The Morgan fingerprint density at radius 2 is 2.03 bits per heavy atom. The van der Waals surface area contributed by atoms with Gasteiger partial charge in [-0.3, -0.25) is 14.8 Å². The molecule has 0 fully saturated rings. The Morgan fingerprint density at radius 3 is 2.61 bits per heavy atom. The summed E-state index contributed by atoms with van der Waals surface area (Å²) in [5.41, 5.74) is 1.50. The lowest BCUT2D eigenvalue weighted by atomic mass is 9.93. The Hall–Kier alpha value is -3.19. The van der Waals surface area contributed by atoms with E-state index >= 15 is 0 Å². The van der Waals surface area contributed by atoms with Crippen LogP contribution in [0.4, 0.5) is 27.9 Å². The van der Waals surface area contributed by atoms with E-state index in [0.717, 1.165) is 19.1 Å². The lowest BCUT2D eigenvalue weighted by Gasteiger charge is -2.40. The molecule has 2 atom stereocenters. The third-order valence-corrected chi connectivity index (χ3v) is 5.21. The molecule has 2 aromatic heterocycles.